The number of hydrogen-bond acceptors (Lipinski definition) is 13. The number of esters is 3. The number of para-hydroxylation sites is 1. The Balaban J connectivity index is 0.936. The number of piperidine rings is 1. The monoisotopic (exact) mass is 968 g/mol. The Morgan fingerprint density at radius 1 is 0.985 bits per heavy atom. The number of aromatic nitrogens is 1. The van der Waals surface area contributed by atoms with Gasteiger partial charge in [0.1, 0.15) is 40.7 Å². The Morgan fingerprint density at radius 3 is 2.41 bits per heavy atom. The van der Waals surface area contributed by atoms with Crippen molar-refractivity contribution in [3.63, 3.8) is 0 Å². The predicted octanol–water partition coefficient (Wildman–Crippen LogP) is 8.82. The summed E-state index contributed by atoms with van der Waals surface area (Å²) in [4.78, 5) is 76.2. The number of rotatable bonds is 10. The molecule has 1 aromatic heterocycles. The number of piperazine rings is 1. The van der Waals surface area contributed by atoms with Gasteiger partial charge in [-0.05, 0) is 101 Å². The maximum atomic E-state index is 15.8. The number of nitrogens with one attached hydrogen (secondary N) is 1. The summed E-state index contributed by atoms with van der Waals surface area (Å²) in [6, 6.07) is 10.3. The first kappa shape index (κ1) is 47.5. The number of Topliss-reactive ketones (excluding diaryl/α,β-unsaturated/α-hetero) is 1. The molecule has 3 aliphatic carbocycles. The number of carbonyl (C=O) groups excluding carboxylic acids is 4. The van der Waals surface area contributed by atoms with Gasteiger partial charge >= 0.3 is 17.9 Å². The van der Waals surface area contributed by atoms with Gasteiger partial charge in [-0.15, -0.1) is 18.3 Å². The van der Waals surface area contributed by atoms with Crippen LogP contribution in [0.3, 0.4) is 0 Å². The Morgan fingerprint density at radius 2 is 1.71 bits per heavy atom. The van der Waals surface area contributed by atoms with Gasteiger partial charge in [-0.2, -0.15) is 0 Å². The summed E-state index contributed by atoms with van der Waals surface area (Å²) < 4.78 is 37.0. The first-order valence-corrected chi connectivity index (χ1v) is 26.7. The fraction of sp³-hybridized carbons (Fsp3) is 0.604. The molecule has 1 N–H and O–H groups in total. The molecule has 11 atom stereocenters. The van der Waals surface area contributed by atoms with Crippen LogP contribution in [0.15, 0.2) is 58.9 Å². The van der Waals surface area contributed by atoms with Crippen LogP contribution in [0.5, 0.6) is 5.75 Å². The molecule has 4 aliphatic heterocycles. The molecule has 3 aromatic rings. The number of ketones is 1. The highest BCUT2D eigenvalue weighted by molar-refractivity contribution is 8.00. The summed E-state index contributed by atoms with van der Waals surface area (Å²) >= 11 is 3.04. The van der Waals surface area contributed by atoms with Gasteiger partial charge in [-0.1, -0.05) is 57.7 Å². The van der Waals surface area contributed by atoms with Gasteiger partial charge in [0.05, 0.1) is 27.4 Å². The maximum absolute atomic E-state index is 15.8. The molecule has 4 bridgehead atoms. The van der Waals surface area contributed by atoms with E-state index in [1.807, 2.05) is 29.4 Å². The van der Waals surface area contributed by atoms with Crippen LogP contribution in [0, 0.1) is 39.8 Å². The molecule has 5 heterocycles. The minimum absolute atomic E-state index is 0.0185. The molecule has 3 saturated carbocycles. The van der Waals surface area contributed by atoms with Crippen molar-refractivity contribution in [3.05, 3.63) is 76.2 Å². The molecule has 7 aliphatic rings. The van der Waals surface area contributed by atoms with E-state index < -0.39 is 57.6 Å². The highest BCUT2D eigenvalue weighted by Crippen LogP contribution is 2.68. The number of ether oxygens (including phenoxy) is 3. The van der Waals surface area contributed by atoms with E-state index in [2.05, 4.69) is 44.6 Å². The molecule has 0 amide bonds. The molecule has 10 rings (SSSR count). The molecule has 2 aromatic carbocycles. The van der Waals surface area contributed by atoms with Crippen molar-refractivity contribution in [2.45, 2.75) is 132 Å². The topological polar surface area (TPSA) is 136 Å². The molecule has 15 heteroatoms. The summed E-state index contributed by atoms with van der Waals surface area (Å²) in [5.74, 6) is -2.85. The molecule has 0 radical (unpaired) electrons. The minimum Gasteiger partial charge on any atom is -0.461 e. The zero-order valence-electron chi connectivity index (χ0n) is 40.1. The van der Waals surface area contributed by atoms with Gasteiger partial charge in [0, 0.05) is 78.0 Å². The zero-order chi connectivity index (χ0) is 48.0. The van der Waals surface area contributed by atoms with Crippen LogP contribution in [0.1, 0.15) is 118 Å². The summed E-state index contributed by atoms with van der Waals surface area (Å²) in [6.45, 7) is 17.4. The molecule has 12 nitrogen and oxygen atoms in total. The van der Waals surface area contributed by atoms with Gasteiger partial charge in [-0.25, -0.2) is 14.0 Å². The van der Waals surface area contributed by atoms with Crippen molar-refractivity contribution in [1.82, 2.24) is 14.8 Å². The van der Waals surface area contributed by atoms with Crippen molar-refractivity contribution < 1.29 is 37.8 Å². The van der Waals surface area contributed by atoms with Crippen molar-refractivity contribution in [1.29, 1.82) is 0 Å². The van der Waals surface area contributed by atoms with E-state index in [4.69, 9.17) is 14.2 Å². The fourth-order valence-corrected chi connectivity index (χ4v) is 16.3. The van der Waals surface area contributed by atoms with Crippen LogP contribution in [0.25, 0.3) is 10.9 Å². The third kappa shape index (κ3) is 7.66. The Bertz CT molecular complexity index is 2620. The van der Waals surface area contributed by atoms with Gasteiger partial charge in [-0.3, -0.25) is 14.4 Å². The highest BCUT2D eigenvalue weighted by atomic mass is 32.2. The number of fused-ring (bicyclic) bond motifs is 5. The molecule has 3 saturated heterocycles. The van der Waals surface area contributed by atoms with E-state index >= 15 is 4.39 Å². The smallest absolute Gasteiger partial charge is 0.350 e. The Hall–Kier alpha value is -4.18. The van der Waals surface area contributed by atoms with Crippen molar-refractivity contribution in [2.24, 2.45) is 34.0 Å². The molecule has 364 valence electrons. The molecular formula is C53H65FN4O8S2. The first-order valence-electron chi connectivity index (χ1n) is 24.7. The standard InChI is InChI=1S/C53H65FN4O8S2/c1-8-51(5)27-42(65-43(60)28-67-34-23-32-13-14-33(24-34)56(32)7)52(6)29(2)15-17-53(18-16-40(59)46(52)53)30(3)47(51)66-49(62)35-11-9-10-12-41(35)64-50(63)44-45(61)36-25-37(54)39(57-21-19-55-20-22-57)26-38(36)58-31(4)68-48(44)58/h8-12,25-26,29-34,42,46-47,55H,1,13-24,27-28H2,2-7H3/t29?,30-,31?,32?,33?,34?,42+,46?,47-,51+,52-,53?/m1/s1. The van der Waals surface area contributed by atoms with Crippen molar-refractivity contribution in [3.8, 4) is 5.75 Å². The summed E-state index contributed by atoms with van der Waals surface area (Å²) in [5, 5.41) is 4.03. The second-order valence-electron chi connectivity index (χ2n) is 21.4. The number of carbonyl (C=O) groups is 4. The number of anilines is 1. The van der Waals surface area contributed by atoms with E-state index in [1.54, 1.807) is 30.0 Å². The Labute approximate surface area is 406 Å². The van der Waals surface area contributed by atoms with Crippen LogP contribution < -0.4 is 20.4 Å². The van der Waals surface area contributed by atoms with Crippen LogP contribution in [-0.4, -0.2) is 102 Å². The van der Waals surface area contributed by atoms with E-state index in [9.17, 15) is 24.0 Å². The fourth-order valence-electron chi connectivity index (χ4n) is 14.0. The first-order chi connectivity index (χ1) is 32.5. The summed E-state index contributed by atoms with van der Waals surface area (Å²) in [7, 11) is 2.21. The molecular weight excluding hydrogens is 904 g/mol. The molecule has 0 spiro atoms. The molecule has 68 heavy (non-hydrogen) atoms. The van der Waals surface area contributed by atoms with Crippen molar-refractivity contribution >= 4 is 63.8 Å². The maximum Gasteiger partial charge on any atom is 0.350 e. The van der Waals surface area contributed by atoms with Gasteiger partial charge < -0.3 is 33.9 Å². The second kappa shape index (κ2) is 17.9. The third-order valence-electron chi connectivity index (χ3n) is 18.1. The second-order valence-corrected chi connectivity index (χ2v) is 24.0. The number of thioether (sulfide) groups is 2. The Kier molecular flexibility index (Phi) is 12.5. The summed E-state index contributed by atoms with van der Waals surface area (Å²) in [5.41, 5.74) is -2.05. The molecule has 6 unspecified atom stereocenters. The van der Waals surface area contributed by atoms with Crippen LogP contribution in [0.4, 0.5) is 10.1 Å². The average molecular weight is 969 g/mol. The van der Waals surface area contributed by atoms with Gasteiger partial charge in [0.15, 0.2) is 0 Å². The van der Waals surface area contributed by atoms with E-state index in [0.717, 1.165) is 25.7 Å². The lowest BCUT2D eigenvalue weighted by molar-refractivity contribution is -0.205. The van der Waals surface area contributed by atoms with Crippen LogP contribution in [0.2, 0.25) is 0 Å². The quantitative estimate of drug-likeness (QED) is 0.118. The lowest BCUT2D eigenvalue weighted by Gasteiger charge is -2.62. The summed E-state index contributed by atoms with van der Waals surface area (Å²) in [6.07, 6.45) is 7.78. The third-order valence-corrected chi connectivity index (χ3v) is 20.5. The minimum atomic E-state index is -0.963. The SMILES string of the molecule is C=C[C@@]1(C)C[C@H](OC(=O)CSC2CC3CCC(C2)N3C)[C@@]2(C)C(C)CCC3(CCC(=O)C32)[C@H](C)[C@H]1OC(=O)c1ccccc1OC(=O)c1c2n(c3cc(N4CCNCC4)c(F)cc3c1=O)C(C)S2. The number of halogens is 1. The number of pyridine rings is 1. The van der Waals surface area contributed by atoms with Gasteiger partial charge in [0.2, 0.25) is 5.43 Å². The number of nitrogens with zero attached hydrogens (tertiary/aromatic N) is 3. The molecule has 6 fully saturated rings. The highest BCUT2D eigenvalue weighted by Gasteiger charge is 2.69. The lowest BCUT2D eigenvalue weighted by atomic mass is 9.44. The van der Waals surface area contributed by atoms with E-state index in [0.29, 0.717) is 72.6 Å². The van der Waals surface area contributed by atoms with Crippen LogP contribution >= 0.6 is 23.5 Å². The number of benzene rings is 2. The van der Waals surface area contributed by atoms with Gasteiger partial charge in [0.25, 0.3) is 0 Å². The predicted molar refractivity (Wildman–Crippen MR) is 263 cm³/mol. The largest absolute Gasteiger partial charge is 0.461 e. The normalized spacial score (nSPS) is 35.4. The lowest BCUT2D eigenvalue weighted by Crippen LogP contribution is -2.63. The van der Waals surface area contributed by atoms with E-state index in [1.165, 1.54) is 42.8 Å². The van der Waals surface area contributed by atoms with E-state index in [-0.39, 0.29) is 63.4 Å². The van der Waals surface area contributed by atoms with Crippen molar-refractivity contribution in [2.75, 3.05) is 43.9 Å². The zero-order valence-corrected chi connectivity index (χ0v) is 41.8. The average Bonchev–Trinajstić information content (AvgIpc) is 3.76. The van der Waals surface area contributed by atoms with Crippen LogP contribution in [-0.2, 0) is 19.1 Å². The number of hydrogen-bond donors (Lipinski definition) is 1.